The first-order valence-corrected chi connectivity index (χ1v) is 6.27. The number of carbonyl (C=O) groups is 1. The highest BCUT2D eigenvalue weighted by molar-refractivity contribution is 9.10. The summed E-state index contributed by atoms with van der Waals surface area (Å²) in [5.41, 5.74) is -4.12. The average Bonchev–Trinajstić information content (AvgIpc) is 2.63. The Bertz CT molecular complexity index is 664. The third-order valence-electron chi connectivity index (χ3n) is 2.85. The van der Waals surface area contributed by atoms with E-state index in [1.54, 1.807) is 0 Å². The number of alkyl halides is 3. The number of anilines is 1. The summed E-state index contributed by atoms with van der Waals surface area (Å²) in [7, 11) is 0. The monoisotopic (exact) mass is 361 g/mol. The van der Waals surface area contributed by atoms with Gasteiger partial charge in [-0.2, -0.15) is 18.4 Å². The Balaban J connectivity index is 2.57. The van der Waals surface area contributed by atoms with Crippen molar-refractivity contribution in [3.05, 3.63) is 28.1 Å². The van der Waals surface area contributed by atoms with E-state index in [-0.39, 0.29) is 5.70 Å². The van der Waals surface area contributed by atoms with Crippen LogP contribution in [0.3, 0.4) is 0 Å². The summed E-state index contributed by atoms with van der Waals surface area (Å²) in [6.07, 6.45) is -2.61. The summed E-state index contributed by atoms with van der Waals surface area (Å²) in [5.74, 6) is -1.82. The molecular weight excluding hydrogens is 355 g/mol. The molecule has 0 aliphatic carbocycles. The van der Waals surface area contributed by atoms with Crippen LogP contribution in [0, 0.1) is 11.3 Å². The molecule has 1 aliphatic heterocycles. The van der Waals surface area contributed by atoms with Gasteiger partial charge in [-0.3, -0.25) is 4.79 Å². The van der Waals surface area contributed by atoms with E-state index in [4.69, 9.17) is 5.26 Å². The molecule has 110 valence electrons. The van der Waals surface area contributed by atoms with Crippen LogP contribution in [0.5, 0.6) is 0 Å². The third kappa shape index (κ3) is 2.33. The summed E-state index contributed by atoms with van der Waals surface area (Å²) >= 11 is 3.04. The predicted octanol–water partition coefficient (Wildman–Crippen LogP) is 1.88. The fraction of sp³-hybridized carbons (Fsp3) is 0.273. The molecule has 1 aromatic rings. The Kier molecular flexibility index (Phi) is 3.63. The zero-order valence-electron chi connectivity index (χ0n) is 10.4. The quantitative estimate of drug-likeness (QED) is 0.839. The summed E-state index contributed by atoms with van der Waals surface area (Å²) in [6.45, 7) is 1.22. The standard InChI is InChI=1S/C11H7BrF3N5O/c1-5-7(2-16)10(8(21)19-5,11(13,14)15)20-9-17-3-6(12)4-18-9/h3-4H,1H3,(H,19,21)(H,17,18,20)/t10-/m0/s1. The lowest BCUT2D eigenvalue weighted by molar-refractivity contribution is -0.174. The second-order valence-electron chi connectivity index (χ2n) is 4.16. The number of nitrogens with one attached hydrogen (secondary N) is 2. The molecule has 21 heavy (non-hydrogen) atoms. The zero-order chi connectivity index (χ0) is 15.8. The number of rotatable bonds is 2. The topological polar surface area (TPSA) is 90.7 Å². The van der Waals surface area contributed by atoms with Gasteiger partial charge in [0.05, 0.1) is 16.1 Å². The lowest BCUT2D eigenvalue weighted by Gasteiger charge is -2.30. The highest BCUT2D eigenvalue weighted by Gasteiger charge is 2.67. The van der Waals surface area contributed by atoms with Crippen molar-refractivity contribution in [2.24, 2.45) is 0 Å². The normalized spacial score (nSPS) is 22.0. The van der Waals surface area contributed by atoms with E-state index in [1.165, 1.54) is 25.4 Å². The van der Waals surface area contributed by atoms with Crippen LogP contribution in [0.25, 0.3) is 0 Å². The molecule has 0 aromatic carbocycles. The van der Waals surface area contributed by atoms with Crippen molar-refractivity contribution in [2.45, 2.75) is 18.6 Å². The molecule has 0 radical (unpaired) electrons. The largest absolute Gasteiger partial charge is 0.425 e. The van der Waals surface area contributed by atoms with E-state index in [1.807, 2.05) is 10.6 Å². The fourth-order valence-electron chi connectivity index (χ4n) is 1.89. The second kappa shape index (κ2) is 5.00. The number of nitrogens with zero attached hydrogens (tertiary/aromatic N) is 3. The number of carbonyl (C=O) groups excluding carboxylic acids is 1. The maximum Gasteiger partial charge on any atom is 0.425 e. The molecule has 1 atom stereocenters. The van der Waals surface area contributed by atoms with Crippen molar-refractivity contribution >= 4 is 27.8 Å². The Morgan fingerprint density at radius 2 is 2.00 bits per heavy atom. The SMILES string of the molecule is CC1=C(C#N)[C@@](Nc2ncc(Br)cn2)(C(F)(F)F)C(=O)N1. The molecule has 0 saturated heterocycles. The molecule has 0 unspecified atom stereocenters. The zero-order valence-corrected chi connectivity index (χ0v) is 12.0. The van der Waals surface area contributed by atoms with Crippen LogP contribution in [0.4, 0.5) is 19.1 Å². The molecular formula is C11H7BrF3N5O. The van der Waals surface area contributed by atoms with E-state index >= 15 is 0 Å². The van der Waals surface area contributed by atoms with Crippen molar-refractivity contribution in [3.8, 4) is 6.07 Å². The minimum absolute atomic E-state index is 0.163. The second-order valence-corrected chi connectivity index (χ2v) is 5.08. The number of halogens is 4. The summed E-state index contributed by atoms with van der Waals surface area (Å²) in [4.78, 5) is 19.1. The van der Waals surface area contributed by atoms with Crippen LogP contribution in [0.15, 0.2) is 28.1 Å². The smallest absolute Gasteiger partial charge is 0.328 e. The summed E-state index contributed by atoms with van der Waals surface area (Å²) in [6, 6.07) is 1.42. The molecule has 0 bridgehead atoms. The van der Waals surface area contributed by atoms with E-state index < -0.39 is 29.1 Å². The Labute approximate surface area is 125 Å². The van der Waals surface area contributed by atoms with Gasteiger partial charge < -0.3 is 10.6 Å². The Hall–Kier alpha value is -2.15. The van der Waals surface area contributed by atoms with Gasteiger partial charge in [-0.25, -0.2) is 9.97 Å². The van der Waals surface area contributed by atoms with Crippen LogP contribution in [-0.4, -0.2) is 27.6 Å². The van der Waals surface area contributed by atoms with Gasteiger partial charge in [0.25, 0.3) is 11.4 Å². The van der Waals surface area contributed by atoms with E-state index in [0.29, 0.717) is 4.47 Å². The molecule has 0 spiro atoms. The van der Waals surface area contributed by atoms with Crippen molar-refractivity contribution in [3.63, 3.8) is 0 Å². The van der Waals surface area contributed by atoms with Crippen molar-refractivity contribution in [2.75, 3.05) is 5.32 Å². The number of amides is 1. The molecule has 1 aromatic heterocycles. The highest BCUT2D eigenvalue weighted by Crippen LogP contribution is 2.42. The first-order chi connectivity index (χ1) is 9.72. The van der Waals surface area contributed by atoms with Gasteiger partial charge >= 0.3 is 6.18 Å². The van der Waals surface area contributed by atoms with Crippen molar-refractivity contribution in [1.82, 2.24) is 15.3 Å². The minimum atomic E-state index is -5.05. The maximum atomic E-state index is 13.5. The Morgan fingerprint density at radius 3 is 2.48 bits per heavy atom. The highest BCUT2D eigenvalue weighted by atomic mass is 79.9. The number of hydrogen-bond acceptors (Lipinski definition) is 5. The van der Waals surface area contributed by atoms with Gasteiger partial charge in [0.2, 0.25) is 5.95 Å². The molecule has 1 aliphatic rings. The fourth-order valence-corrected chi connectivity index (χ4v) is 2.10. The number of nitriles is 1. The third-order valence-corrected chi connectivity index (χ3v) is 3.26. The molecule has 6 nitrogen and oxygen atoms in total. The minimum Gasteiger partial charge on any atom is -0.328 e. The first kappa shape index (κ1) is 15.2. The van der Waals surface area contributed by atoms with E-state index in [2.05, 4.69) is 25.9 Å². The molecule has 0 saturated carbocycles. The number of hydrogen-bond donors (Lipinski definition) is 2. The molecule has 2 rings (SSSR count). The predicted molar refractivity (Wildman–Crippen MR) is 68.6 cm³/mol. The van der Waals surface area contributed by atoms with Crippen LogP contribution >= 0.6 is 15.9 Å². The van der Waals surface area contributed by atoms with Crippen LogP contribution in [0.2, 0.25) is 0 Å². The summed E-state index contributed by atoms with van der Waals surface area (Å²) in [5, 5.41) is 12.9. The van der Waals surface area contributed by atoms with Gasteiger partial charge in [-0.05, 0) is 22.9 Å². The Morgan fingerprint density at radius 1 is 1.43 bits per heavy atom. The van der Waals surface area contributed by atoms with Gasteiger partial charge in [-0.15, -0.1) is 0 Å². The van der Waals surface area contributed by atoms with Gasteiger partial charge in [0, 0.05) is 18.1 Å². The van der Waals surface area contributed by atoms with Gasteiger partial charge in [-0.1, -0.05) is 0 Å². The molecule has 10 heteroatoms. The molecule has 2 N–H and O–H groups in total. The van der Waals surface area contributed by atoms with Gasteiger partial charge in [0.15, 0.2) is 0 Å². The van der Waals surface area contributed by atoms with E-state index in [9.17, 15) is 18.0 Å². The average molecular weight is 362 g/mol. The molecule has 0 fully saturated rings. The van der Waals surface area contributed by atoms with Crippen LogP contribution in [-0.2, 0) is 4.79 Å². The van der Waals surface area contributed by atoms with Crippen LogP contribution in [0.1, 0.15) is 6.92 Å². The molecule has 1 amide bonds. The first-order valence-electron chi connectivity index (χ1n) is 5.47. The van der Waals surface area contributed by atoms with Crippen molar-refractivity contribution < 1.29 is 18.0 Å². The number of allylic oxidation sites excluding steroid dienone is 1. The van der Waals surface area contributed by atoms with Gasteiger partial charge in [0.1, 0.15) is 0 Å². The summed E-state index contributed by atoms with van der Waals surface area (Å²) < 4.78 is 40.9. The van der Waals surface area contributed by atoms with Crippen LogP contribution < -0.4 is 10.6 Å². The lowest BCUT2D eigenvalue weighted by Crippen LogP contribution is -2.59. The maximum absolute atomic E-state index is 13.5. The van der Waals surface area contributed by atoms with Crippen molar-refractivity contribution in [1.29, 1.82) is 5.26 Å². The van der Waals surface area contributed by atoms with E-state index in [0.717, 1.165) is 0 Å². The molecule has 2 heterocycles. The lowest BCUT2D eigenvalue weighted by atomic mass is 9.90. The number of aromatic nitrogens is 2.